The van der Waals surface area contributed by atoms with Crippen LogP contribution in [0.25, 0.3) is 0 Å². The van der Waals surface area contributed by atoms with E-state index in [2.05, 4.69) is 20.9 Å². The lowest BCUT2D eigenvalue weighted by Gasteiger charge is -2.24. The molecule has 1 unspecified atom stereocenters. The van der Waals surface area contributed by atoms with Gasteiger partial charge in [0.05, 0.1) is 18.3 Å². The number of ether oxygens (including phenoxy) is 1. The second kappa shape index (κ2) is 8.27. The molecular weight excluding hydrogens is 396 g/mol. The van der Waals surface area contributed by atoms with Crippen molar-refractivity contribution < 1.29 is 14.3 Å². The number of nitrogens with zero attached hydrogens (tertiary/aromatic N) is 2. The normalized spacial score (nSPS) is 16.2. The first-order valence-electron chi connectivity index (χ1n) is 8.44. The fraction of sp³-hybridized carbons (Fsp3) is 0.250. The summed E-state index contributed by atoms with van der Waals surface area (Å²) in [5.41, 5.74) is 2.58. The van der Waals surface area contributed by atoms with Crippen molar-refractivity contribution in [2.24, 2.45) is 0 Å². The molecule has 1 aliphatic rings. The molecule has 0 saturated carbocycles. The molecule has 5 nitrogen and oxygen atoms in total. The van der Waals surface area contributed by atoms with Crippen LogP contribution in [0.5, 0.6) is 0 Å². The standard InChI is InChI=1S/C20H19BrN2O3/c1-2-26-19(24)10-6-12-23-18(13-17-16(21)9-5-11-22-17)14-7-3-4-8-15(14)20(23)25/h3-11,18H,2,12-13H2,1H3/b10-6+. The molecule has 0 aliphatic carbocycles. The summed E-state index contributed by atoms with van der Waals surface area (Å²) >= 11 is 3.53. The molecule has 0 radical (unpaired) electrons. The summed E-state index contributed by atoms with van der Waals surface area (Å²) in [6, 6.07) is 11.3. The van der Waals surface area contributed by atoms with E-state index in [0.29, 0.717) is 25.1 Å². The molecule has 1 atom stereocenters. The summed E-state index contributed by atoms with van der Waals surface area (Å²) in [6.07, 6.45) is 5.38. The number of carbonyl (C=O) groups is 2. The number of amides is 1. The third-order valence-corrected chi connectivity index (χ3v) is 4.97. The predicted molar refractivity (Wildman–Crippen MR) is 102 cm³/mol. The van der Waals surface area contributed by atoms with Gasteiger partial charge < -0.3 is 9.64 Å². The van der Waals surface area contributed by atoms with Crippen LogP contribution in [-0.4, -0.2) is 34.9 Å². The number of hydrogen-bond acceptors (Lipinski definition) is 4. The SMILES string of the molecule is CCOC(=O)/C=C/CN1C(=O)c2ccccc2C1Cc1ncccc1Br. The number of pyridine rings is 1. The van der Waals surface area contributed by atoms with Gasteiger partial charge in [-0.25, -0.2) is 4.79 Å². The number of halogens is 1. The Labute approximate surface area is 160 Å². The first-order chi connectivity index (χ1) is 12.6. The van der Waals surface area contributed by atoms with E-state index in [0.717, 1.165) is 15.7 Å². The minimum atomic E-state index is -0.402. The van der Waals surface area contributed by atoms with Gasteiger partial charge in [-0.05, 0) is 46.6 Å². The van der Waals surface area contributed by atoms with Crippen LogP contribution in [0, 0.1) is 0 Å². The Morgan fingerprint density at radius 3 is 2.88 bits per heavy atom. The highest BCUT2D eigenvalue weighted by molar-refractivity contribution is 9.10. The average molecular weight is 415 g/mol. The summed E-state index contributed by atoms with van der Waals surface area (Å²) in [7, 11) is 0. The number of esters is 1. The molecule has 0 N–H and O–H groups in total. The Kier molecular flexibility index (Phi) is 5.83. The van der Waals surface area contributed by atoms with Crippen molar-refractivity contribution in [1.82, 2.24) is 9.88 Å². The molecule has 2 aromatic rings. The third kappa shape index (κ3) is 3.85. The summed E-state index contributed by atoms with van der Waals surface area (Å²) in [4.78, 5) is 30.5. The molecule has 0 spiro atoms. The zero-order valence-electron chi connectivity index (χ0n) is 14.4. The quantitative estimate of drug-likeness (QED) is 0.533. The monoisotopic (exact) mass is 414 g/mol. The predicted octanol–water partition coefficient (Wildman–Crippen LogP) is 3.70. The molecule has 1 aromatic carbocycles. The van der Waals surface area contributed by atoms with Gasteiger partial charge in [-0.1, -0.05) is 24.3 Å². The van der Waals surface area contributed by atoms with Crippen molar-refractivity contribution in [3.63, 3.8) is 0 Å². The highest BCUT2D eigenvalue weighted by Gasteiger charge is 2.36. The van der Waals surface area contributed by atoms with Crippen LogP contribution in [0.3, 0.4) is 0 Å². The summed E-state index contributed by atoms with van der Waals surface area (Å²) < 4.78 is 5.80. The highest BCUT2D eigenvalue weighted by Crippen LogP contribution is 2.36. The minimum absolute atomic E-state index is 0.0360. The minimum Gasteiger partial charge on any atom is -0.463 e. The molecule has 1 aromatic heterocycles. The van der Waals surface area contributed by atoms with Crippen molar-refractivity contribution in [3.8, 4) is 0 Å². The molecule has 3 rings (SSSR count). The van der Waals surface area contributed by atoms with Gasteiger partial charge in [0.15, 0.2) is 0 Å². The average Bonchev–Trinajstić information content (AvgIpc) is 2.90. The molecule has 26 heavy (non-hydrogen) atoms. The lowest BCUT2D eigenvalue weighted by molar-refractivity contribution is -0.137. The van der Waals surface area contributed by atoms with Gasteiger partial charge in [-0.3, -0.25) is 9.78 Å². The second-order valence-electron chi connectivity index (χ2n) is 5.85. The number of carbonyl (C=O) groups excluding carboxylic acids is 2. The Balaban J connectivity index is 1.85. The number of fused-ring (bicyclic) bond motifs is 1. The van der Waals surface area contributed by atoms with Crippen molar-refractivity contribution in [2.75, 3.05) is 13.2 Å². The summed E-state index contributed by atoms with van der Waals surface area (Å²) in [5, 5.41) is 0. The van der Waals surface area contributed by atoms with Crippen LogP contribution >= 0.6 is 15.9 Å². The van der Waals surface area contributed by atoms with Crippen LogP contribution in [0.2, 0.25) is 0 Å². The molecule has 1 amide bonds. The number of rotatable bonds is 6. The highest BCUT2D eigenvalue weighted by atomic mass is 79.9. The van der Waals surface area contributed by atoms with E-state index in [1.165, 1.54) is 6.08 Å². The van der Waals surface area contributed by atoms with Crippen LogP contribution in [0.15, 0.2) is 59.2 Å². The maximum Gasteiger partial charge on any atom is 0.330 e. The van der Waals surface area contributed by atoms with Gasteiger partial charge >= 0.3 is 5.97 Å². The fourth-order valence-corrected chi connectivity index (χ4v) is 3.50. The zero-order valence-corrected chi connectivity index (χ0v) is 16.0. The van der Waals surface area contributed by atoms with Crippen molar-refractivity contribution in [3.05, 3.63) is 76.0 Å². The smallest absolute Gasteiger partial charge is 0.330 e. The van der Waals surface area contributed by atoms with Crippen molar-refractivity contribution >= 4 is 27.8 Å². The number of aromatic nitrogens is 1. The maximum absolute atomic E-state index is 12.8. The molecule has 2 heterocycles. The van der Waals surface area contributed by atoms with E-state index in [1.54, 1.807) is 24.1 Å². The van der Waals surface area contributed by atoms with Crippen LogP contribution < -0.4 is 0 Å². The van der Waals surface area contributed by atoms with Crippen LogP contribution in [0.4, 0.5) is 0 Å². The van der Waals surface area contributed by atoms with E-state index in [-0.39, 0.29) is 11.9 Å². The summed E-state index contributed by atoms with van der Waals surface area (Å²) in [5.74, 6) is -0.438. The van der Waals surface area contributed by atoms with E-state index < -0.39 is 5.97 Å². The van der Waals surface area contributed by atoms with Gasteiger partial charge in [0.1, 0.15) is 0 Å². The van der Waals surface area contributed by atoms with Crippen molar-refractivity contribution in [2.45, 2.75) is 19.4 Å². The lowest BCUT2D eigenvalue weighted by atomic mass is 10.0. The Bertz CT molecular complexity index is 850. The van der Waals surface area contributed by atoms with Gasteiger partial charge in [-0.15, -0.1) is 0 Å². The van der Waals surface area contributed by atoms with E-state index in [1.807, 2.05) is 36.4 Å². The van der Waals surface area contributed by atoms with Crippen LogP contribution in [0.1, 0.15) is 34.6 Å². The first kappa shape index (κ1) is 18.3. The van der Waals surface area contributed by atoms with Crippen LogP contribution in [-0.2, 0) is 16.0 Å². The Morgan fingerprint density at radius 2 is 2.12 bits per heavy atom. The molecule has 1 aliphatic heterocycles. The Hall–Kier alpha value is -2.47. The van der Waals surface area contributed by atoms with E-state index in [9.17, 15) is 9.59 Å². The first-order valence-corrected chi connectivity index (χ1v) is 9.23. The van der Waals surface area contributed by atoms with Gasteiger partial charge in [0.2, 0.25) is 0 Å². The van der Waals surface area contributed by atoms with Gasteiger partial charge in [-0.2, -0.15) is 0 Å². The maximum atomic E-state index is 12.8. The van der Waals surface area contributed by atoms with E-state index >= 15 is 0 Å². The molecule has 6 heteroatoms. The molecular formula is C20H19BrN2O3. The van der Waals surface area contributed by atoms with Gasteiger partial charge in [0, 0.05) is 35.3 Å². The largest absolute Gasteiger partial charge is 0.463 e. The number of benzene rings is 1. The fourth-order valence-electron chi connectivity index (χ4n) is 3.08. The van der Waals surface area contributed by atoms with E-state index in [4.69, 9.17) is 4.74 Å². The molecule has 0 bridgehead atoms. The zero-order chi connectivity index (χ0) is 18.5. The lowest BCUT2D eigenvalue weighted by Crippen LogP contribution is -2.29. The molecule has 134 valence electrons. The van der Waals surface area contributed by atoms with Crippen molar-refractivity contribution in [1.29, 1.82) is 0 Å². The number of hydrogen-bond donors (Lipinski definition) is 0. The molecule has 0 saturated heterocycles. The topological polar surface area (TPSA) is 59.5 Å². The third-order valence-electron chi connectivity index (χ3n) is 4.25. The van der Waals surface area contributed by atoms with Gasteiger partial charge in [0.25, 0.3) is 5.91 Å². The molecule has 0 fully saturated rings. The summed E-state index contributed by atoms with van der Waals surface area (Å²) in [6.45, 7) is 2.42. The Morgan fingerprint density at radius 1 is 1.31 bits per heavy atom. The second-order valence-corrected chi connectivity index (χ2v) is 6.71.